The van der Waals surface area contributed by atoms with E-state index in [0.29, 0.717) is 16.6 Å². The first kappa shape index (κ1) is 13.5. The molecule has 2 heterocycles. The number of nitrogens with zero attached hydrogens (tertiary/aromatic N) is 2. The maximum atomic E-state index is 14.2. The van der Waals surface area contributed by atoms with Crippen LogP contribution in [-0.2, 0) is 0 Å². The second kappa shape index (κ2) is 4.67. The summed E-state index contributed by atoms with van der Waals surface area (Å²) in [7, 11) is 0. The quantitative estimate of drug-likeness (QED) is 0.587. The molecule has 2 aromatic rings. The summed E-state index contributed by atoms with van der Waals surface area (Å²) in [6.07, 6.45) is 1.47. The summed E-state index contributed by atoms with van der Waals surface area (Å²) in [4.78, 5) is 28.3. The number of aromatic amines is 1. The number of benzene rings is 2. The van der Waals surface area contributed by atoms with Crippen molar-refractivity contribution in [1.82, 2.24) is 14.1 Å². The lowest BCUT2D eigenvalue weighted by Gasteiger charge is -2.05. The van der Waals surface area contributed by atoms with Gasteiger partial charge in [0.15, 0.2) is 0 Å². The normalized spacial score (nSPS) is 11.4. The van der Waals surface area contributed by atoms with Gasteiger partial charge in [0, 0.05) is 6.20 Å². The van der Waals surface area contributed by atoms with Crippen LogP contribution in [0.25, 0.3) is 22.4 Å². The van der Waals surface area contributed by atoms with Crippen LogP contribution in [0.15, 0.2) is 58.3 Å². The fraction of sp³-hybridized carbons (Fsp3) is 0.0588. The topological polar surface area (TPSA) is 59.8 Å². The Balaban J connectivity index is 2.17. The molecule has 2 aromatic carbocycles. The van der Waals surface area contributed by atoms with E-state index in [4.69, 9.17) is 0 Å². The maximum absolute atomic E-state index is 14.2. The van der Waals surface area contributed by atoms with E-state index in [1.807, 2.05) is 6.07 Å². The summed E-state index contributed by atoms with van der Waals surface area (Å²) in [6.45, 7) is 1.74. The maximum Gasteiger partial charge on any atom is 0.341 e. The van der Waals surface area contributed by atoms with E-state index in [0.717, 1.165) is 4.57 Å². The zero-order valence-corrected chi connectivity index (χ0v) is 12.2. The van der Waals surface area contributed by atoms with E-state index in [1.54, 1.807) is 31.2 Å². The number of nitrogens with one attached hydrogen (secondary N) is 1. The van der Waals surface area contributed by atoms with E-state index in [-0.39, 0.29) is 11.4 Å². The van der Waals surface area contributed by atoms with E-state index >= 15 is 0 Å². The first-order chi connectivity index (χ1) is 11.1. The number of para-hydroxylation sites is 2. The van der Waals surface area contributed by atoms with Crippen LogP contribution in [0.2, 0.25) is 0 Å². The minimum Gasteiger partial charge on any atom is -0.358 e. The highest BCUT2D eigenvalue weighted by molar-refractivity contribution is 5.77. The van der Waals surface area contributed by atoms with Gasteiger partial charge in [-0.05, 0) is 36.8 Å². The number of aromatic nitrogens is 3. The SMILES string of the molecule is Cc1ccc(-n2c(=O)c3c[nH]c4ccccc4n-3c2=O)c(F)c1. The summed E-state index contributed by atoms with van der Waals surface area (Å²) < 4.78 is 16.4. The fourth-order valence-corrected chi connectivity index (χ4v) is 2.80. The van der Waals surface area contributed by atoms with Crippen molar-refractivity contribution < 1.29 is 4.39 Å². The zero-order chi connectivity index (χ0) is 16.1. The Kier molecular flexibility index (Phi) is 2.74. The van der Waals surface area contributed by atoms with Crippen molar-refractivity contribution in [2.75, 3.05) is 0 Å². The molecular formula is C17H12FN3O2. The van der Waals surface area contributed by atoms with Crippen LogP contribution in [0.3, 0.4) is 0 Å². The molecule has 0 saturated heterocycles. The molecule has 23 heavy (non-hydrogen) atoms. The number of hydrogen-bond acceptors (Lipinski definition) is 2. The molecule has 0 radical (unpaired) electrons. The van der Waals surface area contributed by atoms with Gasteiger partial charge in [-0.2, -0.15) is 0 Å². The fourth-order valence-electron chi connectivity index (χ4n) is 2.80. The zero-order valence-electron chi connectivity index (χ0n) is 12.2. The number of H-pyrrole nitrogens is 1. The average molecular weight is 309 g/mol. The number of aryl methyl sites for hydroxylation is 1. The molecule has 6 heteroatoms. The Bertz CT molecular complexity index is 1140. The third-order valence-corrected chi connectivity index (χ3v) is 3.90. The van der Waals surface area contributed by atoms with E-state index in [1.165, 1.54) is 22.9 Å². The number of imidazole rings is 1. The molecule has 2 aliphatic heterocycles. The van der Waals surface area contributed by atoms with Crippen LogP contribution in [0.1, 0.15) is 5.56 Å². The molecule has 0 saturated carbocycles. The molecule has 5 nitrogen and oxygen atoms in total. The number of halogens is 1. The van der Waals surface area contributed by atoms with Crippen molar-refractivity contribution in [3.63, 3.8) is 0 Å². The monoisotopic (exact) mass is 309 g/mol. The lowest BCUT2D eigenvalue weighted by atomic mass is 10.2. The van der Waals surface area contributed by atoms with Gasteiger partial charge in [-0.15, -0.1) is 0 Å². The first-order valence-corrected chi connectivity index (χ1v) is 7.08. The molecule has 0 amide bonds. The van der Waals surface area contributed by atoms with Crippen molar-refractivity contribution in [3.05, 3.63) is 80.9 Å². The largest absolute Gasteiger partial charge is 0.358 e. The van der Waals surface area contributed by atoms with Crippen molar-refractivity contribution in [2.45, 2.75) is 6.92 Å². The van der Waals surface area contributed by atoms with E-state index in [2.05, 4.69) is 4.98 Å². The molecule has 0 spiro atoms. The van der Waals surface area contributed by atoms with Crippen LogP contribution >= 0.6 is 0 Å². The third-order valence-electron chi connectivity index (χ3n) is 3.90. The first-order valence-electron chi connectivity index (χ1n) is 7.08. The Morgan fingerprint density at radius 1 is 1.00 bits per heavy atom. The highest BCUT2D eigenvalue weighted by Crippen LogP contribution is 2.17. The van der Waals surface area contributed by atoms with Crippen molar-refractivity contribution in [2.24, 2.45) is 0 Å². The number of hydrogen-bond donors (Lipinski definition) is 1. The number of rotatable bonds is 1. The van der Waals surface area contributed by atoms with Gasteiger partial charge in [-0.3, -0.25) is 9.36 Å². The smallest absolute Gasteiger partial charge is 0.341 e. The van der Waals surface area contributed by atoms with Crippen LogP contribution in [-0.4, -0.2) is 14.1 Å². The van der Waals surface area contributed by atoms with Crippen LogP contribution < -0.4 is 11.2 Å². The standard InChI is InChI=1S/C17H12FN3O2/c1-10-6-7-13(11(18)8-10)21-16(22)15-9-19-12-4-2-3-5-14(12)20(15)17(21)23/h2-9,19H,1H3. The Labute approximate surface area is 129 Å². The predicted molar refractivity (Wildman–Crippen MR) is 85.4 cm³/mol. The summed E-state index contributed by atoms with van der Waals surface area (Å²) in [5.74, 6) is -0.603. The van der Waals surface area contributed by atoms with Crippen molar-refractivity contribution >= 4 is 11.0 Å². The molecule has 0 aromatic heterocycles. The molecule has 0 fully saturated rings. The van der Waals surface area contributed by atoms with E-state index in [9.17, 15) is 14.0 Å². The Hall–Kier alpha value is -3.15. The van der Waals surface area contributed by atoms with Gasteiger partial charge in [0.25, 0.3) is 5.56 Å². The van der Waals surface area contributed by atoms with Gasteiger partial charge in [-0.25, -0.2) is 13.8 Å². The van der Waals surface area contributed by atoms with Gasteiger partial charge in [0.2, 0.25) is 0 Å². The van der Waals surface area contributed by atoms with Crippen LogP contribution in [0.4, 0.5) is 4.39 Å². The molecule has 4 rings (SSSR count). The van der Waals surface area contributed by atoms with Gasteiger partial charge < -0.3 is 4.98 Å². The van der Waals surface area contributed by atoms with Gasteiger partial charge in [-0.1, -0.05) is 18.2 Å². The van der Waals surface area contributed by atoms with Gasteiger partial charge in [0.05, 0.1) is 16.7 Å². The summed E-state index contributed by atoms with van der Waals surface area (Å²) in [6, 6.07) is 11.5. The molecule has 0 aliphatic carbocycles. The third kappa shape index (κ3) is 1.85. The minimum absolute atomic E-state index is 0.0432. The summed E-state index contributed by atoms with van der Waals surface area (Å²) >= 11 is 0. The molecule has 2 aliphatic rings. The van der Waals surface area contributed by atoms with E-state index < -0.39 is 17.1 Å². The van der Waals surface area contributed by atoms with Gasteiger partial charge >= 0.3 is 5.69 Å². The van der Waals surface area contributed by atoms with Crippen molar-refractivity contribution in [3.8, 4) is 11.4 Å². The second-order valence-corrected chi connectivity index (χ2v) is 5.40. The highest BCUT2D eigenvalue weighted by atomic mass is 19.1. The Morgan fingerprint density at radius 3 is 2.57 bits per heavy atom. The molecule has 1 N–H and O–H groups in total. The second-order valence-electron chi connectivity index (χ2n) is 5.40. The average Bonchev–Trinajstić information content (AvgIpc) is 2.80. The lowest BCUT2D eigenvalue weighted by Crippen LogP contribution is -2.26. The van der Waals surface area contributed by atoms with Crippen LogP contribution in [0.5, 0.6) is 0 Å². The van der Waals surface area contributed by atoms with Crippen LogP contribution in [0, 0.1) is 12.7 Å². The molecule has 0 bridgehead atoms. The molecule has 114 valence electrons. The molecule has 0 atom stereocenters. The predicted octanol–water partition coefficient (Wildman–Crippen LogP) is 2.36. The van der Waals surface area contributed by atoms with Crippen molar-refractivity contribution in [1.29, 1.82) is 0 Å². The van der Waals surface area contributed by atoms with Gasteiger partial charge in [0.1, 0.15) is 11.5 Å². The Morgan fingerprint density at radius 2 is 1.78 bits per heavy atom. The molecular weight excluding hydrogens is 297 g/mol. The summed E-state index contributed by atoms with van der Waals surface area (Å²) in [5, 5.41) is 0. The number of fused-ring (bicyclic) bond motifs is 3. The highest BCUT2D eigenvalue weighted by Gasteiger charge is 2.22. The lowest BCUT2D eigenvalue weighted by molar-refractivity contribution is 0.613. The molecule has 0 unspecified atom stereocenters. The summed E-state index contributed by atoms with van der Waals surface area (Å²) in [5.41, 5.74) is 0.987. The minimum atomic E-state index is -0.603.